The highest BCUT2D eigenvalue weighted by Gasteiger charge is 2.53. The second-order valence-corrected chi connectivity index (χ2v) is 3.34. The first-order chi connectivity index (χ1) is 9.41. The first kappa shape index (κ1) is 13.3. The van der Waals surface area contributed by atoms with Crippen LogP contribution in [0.15, 0.2) is 24.3 Å². The molecule has 0 aliphatic carbocycles. The fraction of sp³-hybridized carbons (Fsp3) is 0.100. The number of carbonyl (C=O) groups excluding carboxylic acids is 5. The molecule has 0 aromatic rings. The lowest BCUT2D eigenvalue weighted by molar-refractivity contribution is -0.307. The van der Waals surface area contributed by atoms with Crippen molar-refractivity contribution in [1.29, 1.82) is 0 Å². The number of nitrogens with one attached hydrogen (secondary N) is 1. The van der Waals surface area contributed by atoms with Crippen LogP contribution in [0.2, 0.25) is 0 Å². The monoisotopic (exact) mass is 283 g/mol. The van der Waals surface area contributed by atoms with Gasteiger partial charge >= 0.3 is 35.8 Å². The van der Waals surface area contributed by atoms with E-state index in [1.807, 2.05) is 0 Å². The molecule has 0 bridgehead atoms. The molecule has 0 saturated heterocycles. The average molecular weight is 283 g/mol. The van der Waals surface area contributed by atoms with Crippen LogP contribution < -0.4 is 5.48 Å². The van der Waals surface area contributed by atoms with Gasteiger partial charge in [0.2, 0.25) is 0 Å². The number of hydrogen-bond acceptors (Lipinski definition) is 9. The lowest BCUT2D eigenvalue weighted by Crippen LogP contribution is -2.55. The number of rotatable bonds is 0. The zero-order valence-corrected chi connectivity index (χ0v) is 9.48. The first-order valence-electron chi connectivity index (χ1n) is 4.97. The molecule has 104 valence electrons. The van der Waals surface area contributed by atoms with Crippen molar-refractivity contribution in [3.05, 3.63) is 24.3 Å². The summed E-state index contributed by atoms with van der Waals surface area (Å²) >= 11 is 0. The van der Waals surface area contributed by atoms with Gasteiger partial charge in [0.25, 0.3) is 0 Å². The summed E-state index contributed by atoms with van der Waals surface area (Å²) in [7, 11) is 0. The van der Waals surface area contributed by atoms with Crippen LogP contribution in [-0.4, -0.2) is 35.8 Å². The van der Waals surface area contributed by atoms with Crippen molar-refractivity contribution in [2.75, 3.05) is 0 Å². The van der Waals surface area contributed by atoms with Gasteiger partial charge < -0.3 is 19.0 Å². The Balaban J connectivity index is 2.39. The second-order valence-electron chi connectivity index (χ2n) is 3.34. The summed E-state index contributed by atoms with van der Waals surface area (Å²) in [6.45, 7) is 0. The number of ether oxygens (including phenoxy) is 3. The molecule has 1 N–H and O–H groups in total. The quantitative estimate of drug-likeness (QED) is 0.500. The minimum Gasteiger partial charge on any atom is -0.377 e. The van der Waals surface area contributed by atoms with Gasteiger partial charge in [-0.05, 0) is 0 Å². The Labute approximate surface area is 109 Å². The Bertz CT molecular complexity index is 553. The third-order valence-electron chi connectivity index (χ3n) is 1.94. The van der Waals surface area contributed by atoms with Crippen LogP contribution in [-0.2, 0) is 43.0 Å². The van der Waals surface area contributed by atoms with Crippen molar-refractivity contribution in [2.24, 2.45) is 0 Å². The molecule has 0 aromatic heterocycles. The molecule has 2 heterocycles. The molecule has 1 amide bonds. The van der Waals surface area contributed by atoms with Crippen LogP contribution >= 0.6 is 0 Å². The van der Waals surface area contributed by atoms with E-state index in [4.69, 9.17) is 0 Å². The highest BCUT2D eigenvalue weighted by atomic mass is 16.9. The zero-order chi connectivity index (χ0) is 14.8. The average Bonchev–Trinajstić information content (AvgIpc) is 2.50. The second kappa shape index (κ2) is 4.84. The van der Waals surface area contributed by atoms with E-state index in [0.717, 1.165) is 0 Å². The van der Waals surface area contributed by atoms with E-state index in [0.29, 0.717) is 24.3 Å². The molecule has 0 atom stereocenters. The predicted molar refractivity (Wildman–Crippen MR) is 53.5 cm³/mol. The summed E-state index contributed by atoms with van der Waals surface area (Å²) in [5.41, 5.74) is 1.53. The summed E-state index contributed by atoms with van der Waals surface area (Å²) in [5.74, 6) is -9.27. The summed E-state index contributed by atoms with van der Waals surface area (Å²) in [6.07, 6.45) is 2.55. The molecular formula is C10H5NO9. The van der Waals surface area contributed by atoms with Crippen LogP contribution in [0, 0.1) is 0 Å². The molecular weight excluding hydrogens is 278 g/mol. The van der Waals surface area contributed by atoms with E-state index in [-0.39, 0.29) is 0 Å². The number of hydroxylamine groups is 1. The van der Waals surface area contributed by atoms with Gasteiger partial charge in [-0.1, -0.05) is 0 Å². The lowest BCUT2D eigenvalue weighted by atomic mass is 10.4. The summed E-state index contributed by atoms with van der Waals surface area (Å²) in [4.78, 5) is 60.9. The van der Waals surface area contributed by atoms with Gasteiger partial charge in [-0.2, -0.15) is 5.48 Å². The Morgan fingerprint density at radius 2 is 1.10 bits per heavy atom. The van der Waals surface area contributed by atoms with Crippen molar-refractivity contribution in [2.45, 2.75) is 5.97 Å². The van der Waals surface area contributed by atoms with Crippen LogP contribution in [0.25, 0.3) is 0 Å². The minimum absolute atomic E-state index is 0.588. The van der Waals surface area contributed by atoms with E-state index in [9.17, 15) is 24.0 Å². The minimum atomic E-state index is -3.02. The van der Waals surface area contributed by atoms with E-state index >= 15 is 0 Å². The van der Waals surface area contributed by atoms with Crippen molar-refractivity contribution in [1.82, 2.24) is 5.48 Å². The molecule has 2 aliphatic heterocycles. The summed E-state index contributed by atoms with van der Waals surface area (Å²) in [5, 5.41) is 0. The fourth-order valence-corrected chi connectivity index (χ4v) is 1.17. The van der Waals surface area contributed by atoms with Gasteiger partial charge in [0.1, 0.15) is 0 Å². The van der Waals surface area contributed by atoms with Crippen molar-refractivity contribution >= 4 is 29.8 Å². The number of carbonyl (C=O) groups is 5. The molecule has 0 radical (unpaired) electrons. The Hall–Kier alpha value is -3.17. The molecule has 0 unspecified atom stereocenters. The number of esters is 3. The molecule has 2 rings (SSSR count). The van der Waals surface area contributed by atoms with Gasteiger partial charge in [0.05, 0.1) is 0 Å². The molecule has 0 saturated carbocycles. The lowest BCUT2D eigenvalue weighted by Gasteiger charge is -2.26. The van der Waals surface area contributed by atoms with Gasteiger partial charge in [0, 0.05) is 24.3 Å². The van der Waals surface area contributed by atoms with Gasteiger partial charge in [0.15, 0.2) is 0 Å². The smallest absolute Gasteiger partial charge is 0.377 e. The highest BCUT2D eigenvalue weighted by Crippen LogP contribution is 2.21. The maximum atomic E-state index is 11.8. The van der Waals surface area contributed by atoms with Crippen molar-refractivity contribution < 1.29 is 43.0 Å². The van der Waals surface area contributed by atoms with Gasteiger partial charge in [-0.25, -0.2) is 19.2 Å². The zero-order valence-electron chi connectivity index (χ0n) is 9.48. The van der Waals surface area contributed by atoms with E-state index in [1.54, 1.807) is 0 Å². The molecule has 10 nitrogen and oxygen atoms in total. The maximum Gasteiger partial charge on any atom is 0.513 e. The largest absolute Gasteiger partial charge is 0.513 e. The Morgan fingerprint density at radius 1 is 0.700 bits per heavy atom. The first-order valence-corrected chi connectivity index (χ1v) is 4.97. The van der Waals surface area contributed by atoms with Crippen LogP contribution in [0.4, 0.5) is 0 Å². The van der Waals surface area contributed by atoms with Crippen molar-refractivity contribution in [3.8, 4) is 0 Å². The van der Waals surface area contributed by atoms with E-state index in [2.05, 4.69) is 19.0 Å². The molecule has 0 aromatic carbocycles. The number of hydrogen-bond donors (Lipinski definition) is 1. The molecule has 0 fully saturated rings. The van der Waals surface area contributed by atoms with Crippen LogP contribution in [0.3, 0.4) is 0 Å². The molecule has 1 spiro atoms. The Morgan fingerprint density at radius 3 is 1.55 bits per heavy atom. The normalized spacial score (nSPS) is 23.1. The topological polar surface area (TPSA) is 134 Å². The van der Waals surface area contributed by atoms with Crippen LogP contribution in [0.1, 0.15) is 0 Å². The van der Waals surface area contributed by atoms with Gasteiger partial charge in [-0.15, -0.1) is 0 Å². The van der Waals surface area contributed by atoms with Crippen molar-refractivity contribution in [3.63, 3.8) is 0 Å². The number of amides is 1. The molecule has 20 heavy (non-hydrogen) atoms. The van der Waals surface area contributed by atoms with Gasteiger partial charge in [-0.3, -0.25) is 4.79 Å². The standard InChI is InChI=1S/C10H5NO9/c12-5-1-2-6(13)18-10(17-5)9(16)11-20-8(15)4-3-7(14)19-10/h1-4H,(H,11,16)/b4-3-. The highest BCUT2D eigenvalue weighted by molar-refractivity contribution is 6.00. The molecule has 2 aliphatic rings. The summed E-state index contributed by atoms with van der Waals surface area (Å²) in [6, 6.07) is 0. The third kappa shape index (κ3) is 2.63. The van der Waals surface area contributed by atoms with Crippen LogP contribution in [0.5, 0.6) is 0 Å². The van der Waals surface area contributed by atoms with E-state index in [1.165, 1.54) is 5.48 Å². The van der Waals surface area contributed by atoms with E-state index < -0.39 is 35.8 Å². The molecule has 10 heteroatoms. The summed E-state index contributed by atoms with van der Waals surface area (Å²) < 4.78 is 13.4. The SMILES string of the molecule is O=C1C=CC(=O)OC2(O1)OC(=O)/C=C\C(=O)ONC2=O. The third-order valence-corrected chi connectivity index (χ3v) is 1.94. The Kier molecular flexibility index (Phi) is 3.21. The fourth-order valence-electron chi connectivity index (χ4n) is 1.17. The predicted octanol–water partition coefficient (Wildman–Crippen LogP) is -2.02. The maximum absolute atomic E-state index is 11.8.